The molecule has 1 fully saturated rings. The lowest BCUT2D eigenvalue weighted by atomic mass is 9.82. The van der Waals surface area contributed by atoms with Gasteiger partial charge in [-0.15, -0.1) is 0 Å². The van der Waals surface area contributed by atoms with Gasteiger partial charge in [-0.05, 0) is 66.7 Å². The molecule has 0 heterocycles. The lowest BCUT2D eigenvalue weighted by Gasteiger charge is -2.29. The molecule has 0 unspecified atom stereocenters. The summed E-state index contributed by atoms with van der Waals surface area (Å²) in [7, 11) is 0. The Bertz CT molecular complexity index is 1150. The highest BCUT2D eigenvalue weighted by molar-refractivity contribution is 5.65. The summed E-state index contributed by atoms with van der Waals surface area (Å²) in [6.07, 6.45) is 4.95. The zero-order chi connectivity index (χ0) is 24.9. The number of aryl methyl sites for hydroxylation is 2. The van der Waals surface area contributed by atoms with Crippen molar-refractivity contribution in [1.29, 1.82) is 0 Å². The number of halogens is 4. The van der Waals surface area contributed by atoms with Crippen LogP contribution in [0.1, 0.15) is 74.1 Å². The van der Waals surface area contributed by atoms with E-state index in [1.807, 2.05) is 24.3 Å². The number of rotatable bonds is 8. The molecule has 0 aromatic heterocycles. The van der Waals surface area contributed by atoms with E-state index < -0.39 is 23.3 Å². The molecule has 0 radical (unpaired) electrons. The van der Waals surface area contributed by atoms with Crippen LogP contribution in [0.5, 0.6) is 0 Å². The van der Waals surface area contributed by atoms with E-state index in [1.165, 1.54) is 5.56 Å². The van der Waals surface area contributed by atoms with Crippen molar-refractivity contribution >= 4 is 0 Å². The van der Waals surface area contributed by atoms with Gasteiger partial charge < -0.3 is 4.74 Å². The van der Waals surface area contributed by atoms with Gasteiger partial charge in [0.15, 0.2) is 23.3 Å². The van der Waals surface area contributed by atoms with Crippen molar-refractivity contribution in [2.75, 3.05) is 0 Å². The molecule has 186 valence electrons. The van der Waals surface area contributed by atoms with Crippen molar-refractivity contribution in [3.8, 4) is 11.1 Å². The molecule has 1 aliphatic carbocycles. The van der Waals surface area contributed by atoms with Crippen molar-refractivity contribution in [3.63, 3.8) is 0 Å². The van der Waals surface area contributed by atoms with Crippen molar-refractivity contribution in [2.24, 2.45) is 0 Å². The van der Waals surface area contributed by atoms with E-state index in [-0.39, 0.29) is 29.8 Å². The third-order valence-electron chi connectivity index (χ3n) is 7.13. The minimum Gasteiger partial charge on any atom is -0.373 e. The largest absolute Gasteiger partial charge is 0.373 e. The molecule has 3 aromatic carbocycles. The highest BCUT2D eigenvalue weighted by atomic mass is 19.2. The van der Waals surface area contributed by atoms with Crippen LogP contribution >= 0.6 is 0 Å². The maximum absolute atomic E-state index is 14.8. The van der Waals surface area contributed by atoms with Crippen molar-refractivity contribution in [3.05, 3.63) is 94.1 Å². The summed E-state index contributed by atoms with van der Waals surface area (Å²) in [6, 6.07) is 14.1. The average Bonchev–Trinajstić information content (AvgIpc) is 2.88. The first-order valence-electron chi connectivity index (χ1n) is 12.6. The Morgan fingerprint density at radius 3 is 2.03 bits per heavy atom. The Balaban J connectivity index is 1.36. The van der Waals surface area contributed by atoms with Crippen LogP contribution in [0.25, 0.3) is 11.1 Å². The van der Waals surface area contributed by atoms with E-state index in [0.717, 1.165) is 12.8 Å². The van der Waals surface area contributed by atoms with Crippen LogP contribution < -0.4 is 0 Å². The minimum absolute atomic E-state index is 0.0258. The number of hydrogen-bond donors (Lipinski definition) is 0. The first-order chi connectivity index (χ1) is 16.9. The smallest absolute Gasteiger partial charge is 0.167 e. The molecule has 1 saturated carbocycles. The molecule has 1 nitrogen and oxygen atoms in total. The Labute approximate surface area is 205 Å². The van der Waals surface area contributed by atoms with Crippen molar-refractivity contribution in [1.82, 2.24) is 0 Å². The summed E-state index contributed by atoms with van der Waals surface area (Å²) in [4.78, 5) is 0. The summed E-state index contributed by atoms with van der Waals surface area (Å²) in [5, 5.41) is 0. The molecule has 0 N–H and O–H groups in total. The fraction of sp³-hybridized carbons (Fsp3) is 0.400. The molecule has 1 aliphatic rings. The van der Waals surface area contributed by atoms with Crippen LogP contribution in [0.3, 0.4) is 0 Å². The molecule has 0 spiro atoms. The molecule has 35 heavy (non-hydrogen) atoms. The van der Waals surface area contributed by atoms with Gasteiger partial charge in [-0.2, -0.15) is 0 Å². The van der Waals surface area contributed by atoms with Crippen LogP contribution in [-0.2, 0) is 24.2 Å². The lowest BCUT2D eigenvalue weighted by Crippen LogP contribution is -2.22. The molecular weight excluding hydrogens is 452 g/mol. The number of ether oxygens (including phenoxy) is 1. The fourth-order valence-corrected chi connectivity index (χ4v) is 5.00. The van der Waals surface area contributed by atoms with Gasteiger partial charge in [-0.3, -0.25) is 0 Å². The van der Waals surface area contributed by atoms with Gasteiger partial charge in [0.25, 0.3) is 0 Å². The first-order valence-corrected chi connectivity index (χ1v) is 12.6. The van der Waals surface area contributed by atoms with Crippen LogP contribution in [0.15, 0.2) is 48.5 Å². The van der Waals surface area contributed by atoms with E-state index >= 15 is 0 Å². The summed E-state index contributed by atoms with van der Waals surface area (Å²) in [5.41, 5.74) is 3.03. The SMILES string of the molecule is CCCc1ccc(-c2ccc(COC3CCC(c4ccc(CC)c(F)c4F)CC3)c(F)c2F)cc1. The molecule has 0 bridgehead atoms. The Hall–Kier alpha value is -2.66. The molecule has 0 amide bonds. The van der Waals surface area contributed by atoms with Gasteiger partial charge >= 0.3 is 0 Å². The van der Waals surface area contributed by atoms with E-state index in [4.69, 9.17) is 4.74 Å². The van der Waals surface area contributed by atoms with Gasteiger partial charge in [-0.1, -0.05) is 68.8 Å². The lowest BCUT2D eigenvalue weighted by molar-refractivity contribution is 0.0116. The van der Waals surface area contributed by atoms with Crippen LogP contribution in [0.4, 0.5) is 17.6 Å². The summed E-state index contributed by atoms with van der Waals surface area (Å²) in [6.45, 7) is 3.87. The second-order valence-corrected chi connectivity index (χ2v) is 9.43. The van der Waals surface area contributed by atoms with Gasteiger partial charge in [0, 0.05) is 11.1 Å². The van der Waals surface area contributed by atoms with Crippen molar-refractivity contribution in [2.45, 2.75) is 77.4 Å². The Morgan fingerprint density at radius 2 is 1.37 bits per heavy atom. The zero-order valence-electron chi connectivity index (χ0n) is 20.4. The molecule has 4 rings (SSSR count). The highest BCUT2D eigenvalue weighted by Gasteiger charge is 2.27. The predicted octanol–water partition coefficient (Wildman–Crippen LogP) is 8.67. The normalized spacial score (nSPS) is 18.1. The molecule has 5 heteroatoms. The minimum atomic E-state index is -0.887. The predicted molar refractivity (Wildman–Crippen MR) is 131 cm³/mol. The van der Waals surface area contributed by atoms with E-state index in [0.29, 0.717) is 48.8 Å². The first kappa shape index (κ1) is 25.4. The zero-order valence-corrected chi connectivity index (χ0v) is 20.4. The molecule has 0 saturated heterocycles. The highest BCUT2D eigenvalue weighted by Crippen LogP contribution is 2.37. The monoisotopic (exact) mass is 484 g/mol. The molecular formula is C30H32F4O. The van der Waals surface area contributed by atoms with Gasteiger partial charge in [0.2, 0.25) is 0 Å². The summed E-state index contributed by atoms with van der Waals surface area (Å²) in [5.74, 6) is -3.31. The fourth-order valence-electron chi connectivity index (χ4n) is 5.00. The van der Waals surface area contributed by atoms with Crippen LogP contribution in [-0.4, -0.2) is 6.10 Å². The second kappa shape index (κ2) is 11.4. The van der Waals surface area contributed by atoms with E-state index in [2.05, 4.69) is 6.92 Å². The maximum atomic E-state index is 14.8. The van der Waals surface area contributed by atoms with Gasteiger partial charge in [-0.25, -0.2) is 17.6 Å². The van der Waals surface area contributed by atoms with Crippen molar-refractivity contribution < 1.29 is 22.3 Å². The van der Waals surface area contributed by atoms with Crippen LogP contribution in [0.2, 0.25) is 0 Å². The van der Waals surface area contributed by atoms with Crippen LogP contribution in [0, 0.1) is 23.3 Å². The summed E-state index contributed by atoms with van der Waals surface area (Å²) < 4.78 is 64.2. The summed E-state index contributed by atoms with van der Waals surface area (Å²) >= 11 is 0. The van der Waals surface area contributed by atoms with Gasteiger partial charge in [0.1, 0.15) is 0 Å². The second-order valence-electron chi connectivity index (χ2n) is 9.43. The van der Waals surface area contributed by atoms with E-state index in [9.17, 15) is 17.6 Å². The molecule has 0 atom stereocenters. The average molecular weight is 485 g/mol. The third-order valence-corrected chi connectivity index (χ3v) is 7.13. The topological polar surface area (TPSA) is 9.23 Å². The Kier molecular flexibility index (Phi) is 8.27. The Morgan fingerprint density at radius 1 is 0.714 bits per heavy atom. The number of benzene rings is 3. The standard InChI is InChI=1S/C30H32F4O/c1-3-5-19-6-8-21(9-7-19)26-17-13-23(28(32)30(26)34)18-35-24-14-10-22(11-15-24)25-16-12-20(4-2)27(31)29(25)33/h6-9,12-13,16-17,22,24H,3-5,10-11,14-15,18H2,1-2H3. The van der Waals surface area contributed by atoms with Gasteiger partial charge in [0.05, 0.1) is 12.7 Å². The number of hydrogen-bond acceptors (Lipinski definition) is 1. The van der Waals surface area contributed by atoms with E-state index in [1.54, 1.807) is 31.2 Å². The molecule has 0 aliphatic heterocycles. The maximum Gasteiger partial charge on any atom is 0.167 e. The quantitative estimate of drug-likeness (QED) is 0.291. The molecule has 3 aromatic rings. The third kappa shape index (κ3) is 5.61.